The van der Waals surface area contributed by atoms with Crippen molar-refractivity contribution in [3.05, 3.63) is 48.8 Å². The lowest BCUT2D eigenvalue weighted by Crippen LogP contribution is -2.38. The molecule has 0 aliphatic carbocycles. The first-order chi connectivity index (χ1) is 10.8. The van der Waals surface area contributed by atoms with Crippen LogP contribution in [0.4, 0.5) is 10.7 Å². The number of aromatic hydroxyl groups is 1. The number of phenolic OH excluding ortho intramolecular Hbond substituents is 1. The highest BCUT2D eigenvalue weighted by atomic mass is 35.5. The number of nitrogens with zero attached hydrogens (tertiary/aromatic N) is 1. The molecule has 3 rings (SSSR count). The molecule has 0 fully saturated rings. The first kappa shape index (κ1) is 15.6. The predicted octanol–water partition coefficient (Wildman–Crippen LogP) is 3.49. The number of thiophene rings is 1. The maximum absolute atomic E-state index is 12.3. The summed E-state index contributed by atoms with van der Waals surface area (Å²) in [7, 11) is 0. The smallest absolute Gasteiger partial charge is 0.312 e. The summed E-state index contributed by atoms with van der Waals surface area (Å²) in [5.74, 6) is -0.821. The minimum absolute atomic E-state index is 0.102. The molecule has 0 saturated heterocycles. The number of hydrogen-bond donors (Lipinski definition) is 3. The van der Waals surface area contributed by atoms with Crippen LogP contribution in [-0.2, 0) is 0 Å². The van der Waals surface area contributed by atoms with Crippen LogP contribution >= 0.6 is 22.9 Å². The molecule has 1 atom stereocenters. The average Bonchev–Trinajstić information content (AvgIpc) is 2.76. The van der Waals surface area contributed by atoms with Crippen LogP contribution in [-0.4, -0.2) is 15.9 Å². The SMILES string of the molecule is Cc1sc2c(c1C)C(=O)NC(c1cc(Cl)cc([N+](=O)[O-])c1O)N2. The van der Waals surface area contributed by atoms with E-state index in [1.807, 2.05) is 13.8 Å². The number of hydrogen-bond acceptors (Lipinski definition) is 6. The molecule has 23 heavy (non-hydrogen) atoms. The molecular weight excluding hydrogens is 342 g/mol. The second-order valence-corrected chi connectivity index (χ2v) is 6.82. The van der Waals surface area contributed by atoms with Gasteiger partial charge >= 0.3 is 5.69 Å². The van der Waals surface area contributed by atoms with Crippen molar-refractivity contribution in [3.8, 4) is 5.75 Å². The van der Waals surface area contributed by atoms with Gasteiger partial charge in [-0.25, -0.2) is 0 Å². The molecule has 7 nitrogen and oxygen atoms in total. The molecule has 1 unspecified atom stereocenters. The molecule has 9 heteroatoms. The number of carbonyl (C=O) groups excluding carboxylic acids is 1. The van der Waals surface area contributed by atoms with Crippen molar-refractivity contribution in [3.63, 3.8) is 0 Å². The fourth-order valence-corrected chi connectivity index (χ4v) is 3.80. The van der Waals surface area contributed by atoms with Gasteiger partial charge in [-0.2, -0.15) is 0 Å². The van der Waals surface area contributed by atoms with E-state index in [1.54, 1.807) is 0 Å². The van der Waals surface area contributed by atoms with Crippen LogP contribution in [0.5, 0.6) is 5.75 Å². The van der Waals surface area contributed by atoms with E-state index < -0.39 is 22.5 Å². The number of rotatable bonds is 2. The van der Waals surface area contributed by atoms with Crippen LogP contribution in [0.25, 0.3) is 0 Å². The van der Waals surface area contributed by atoms with E-state index in [0.29, 0.717) is 10.6 Å². The normalized spacial score (nSPS) is 16.5. The Balaban J connectivity index is 2.08. The zero-order valence-electron chi connectivity index (χ0n) is 12.1. The van der Waals surface area contributed by atoms with Crippen molar-refractivity contribution in [2.24, 2.45) is 0 Å². The third kappa shape index (κ3) is 2.49. The molecule has 1 aliphatic rings. The summed E-state index contributed by atoms with van der Waals surface area (Å²) in [4.78, 5) is 23.6. The van der Waals surface area contributed by atoms with Crippen molar-refractivity contribution >= 4 is 39.5 Å². The van der Waals surface area contributed by atoms with E-state index in [1.165, 1.54) is 17.4 Å². The number of nitrogens with one attached hydrogen (secondary N) is 2. The van der Waals surface area contributed by atoms with Crippen molar-refractivity contribution in [2.75, 3.05) is 5.32 Å². The predicted molar refractivity (Wildman–Crippen MR) is 87.4 cm³/mol. The fraction of sp³-hybridized carbons (Fsp3) is 0.214. The summed E-state index contributed by atoms with van der Waals surface area (Å²) in [6.07, 6.45) is -0.801. The summed E-state index contributed by atoms with van der Waals surface area (Å²) < 4.78 is 0. The summed E-state index contributed by atoms with van der Waals surface area (Å²) in [6, 6.07) is 2.45. The first-order valence-corrected chi connectivity index (χ1v) is 7.83. The molecular formula is C14H12ClN3O4S. The van der Waals surface area contributed by atoms with Crippen LogP contribution in [0, 0.1) is 24.0 Å². The summed E-state index contributed by atoms with van der Waals surface area (Å²) in [6.45, 7) is 3.76. The van der Waals surface area contributed by atoms with Gasteiger partial charge in [-0.1, -0.05) is 11.6 Å². The number of anilines is 1. The molecule has 0 saturated carbocycles. The Labute approximate surface area is 140 Å². The summed E-state index contributed by atoms with van der Waals surface area (Å²) in [5.41, 5.74) is 1.08. The number of nitro benzene ring substituents is 1. The van der Waals surface area contributed by atoms with Gasteiger partial charge < -0.3 is 15.7 Å². The lowest BCUT2D eigenvalue weighted by Gasteiger charge is -2.26. The van der Waals surface area contributed by atoms with Crippen molar-refractivity contribution in [1.82, 2.24) is 5.32 Å². The topological polar surface area (TPSA) is 104 Å². The quantitative estimate of drug-likeness (QED) is 0.566. The molecule has 120 valence electrons. The number of carbonyl (C=O) groups is 1. The van der Waals surface area contributed by atoms with Crippen molar-refractivity contribution in [1.29, 1.82) is 0 Å². The first-order valence-electron chi connectivity index (χ1n) is 6.63. The van der Waals surface area contributed by atoms with Gasteiger partial charge in [0.25, 0.3) is 5.91 Å². The number of fused-ring (bicyclic) bond motifs is 1. The highest BCUT2D eigenvalue weighted by Crippen LogP contribution is 2.41. The molecule has 0 bridgehead atoms. The van der Waals surface area contributed by atoms with Crippen LogP contribution in [0.15, 0.2) is 12.1 Å². The van der Waals surface area contributed by atoms with Gasteiger partial charge in [0.15, 0.2) is 0 Å². The molecule has 3 N–H and O–H groups in total. The third-order valence-corrected chi connectivity index (χ3v) is 5.11. The van der Waals surface area contributed by atoms with E-state index in [4.69, 9.17) is 11.6 Å². The zero-order chi connectivity index (χ0) is 16.9. The van der Waals surface area contributed by atoms with Gasteiger partial charge in [0, 0.05) is 21.5 Å². The van der Waals surface area contributed by atoms with E-state index >= 15 is 0 Å². The molecule has 2 aromatic rings. The second kappa shape index (κ2) is 5.39. The number of amides is 1. The minimum atomic E-state index is -0.801. The van der Waals surface area contributed by atoms with Crippen molar-refractivity contribution < 1.29 is 14.8 Å². The molecule has 0 radical (unpaired) electrons. The lowest BCUT2D eigenvalue weighted by molar-refractivity contribution is -0.385. The Bertz CT molecular complexity index is 849. The van der Waals surface area contributed by atoms with E-state index in [-0.39, 0.29) is 16.5 Å². The Kier molecular flexibility index (Phi) is 3.65. The maximum Gasteiger partial charge on any atom is 0.312 e. The van der Waals surface area contributed by atoms with Crippen LogP contribution in [0.3, 0.4) is 0 Å². The minimum Gasteiger partial charge on any atom is -0.502 e. The number of phenols is 1. The van der Waals surface area contributed by atoms with Gasteiger partial charge in [-0.15, -0.1) is 11.3 Å². The fourth-order valence-electron chi connectivity index (χ4n) is 2.49. The lowest BCUT2D eigenvalue weighted by atomic mass is 10.1. The molecule has 0 spiro atoms. The average molecular weight is 354 g/mol. The standard InChI is InChI=1S/C14H12ClN3O4S/c1-5-6(2)23-14-10(5)13(20)16-12(17-14)8-3-7(15)4-9(11(8)19)18(21)22/h3-4,12,17,19H,1-2H3,(H,16,20). The summed E-state index contributed by atoms with van der Waals surface area (Å²) in [5, 5.41) is 27.7. The van der Waals surface area contributed by atoms with Gasteiger partial charge in [-0.3, -0.25) is 14.9 Å². The Morgan fingerprint density at radius 3 is 2.70 bits per heavy atom. The number of halogens is 1. The molecule has 1 amide bonds. The second-order valence-electron chi connectivity index (χ2n) is 5.16. The molecule has 1 aromatic heterocycles. The Morgan fingerprint density at radius 1 is 1.35 bits per heavy atom. The van der Waals surface area contributed by atoms with Gasteiger partial charge in [0.05, 0.1) is 10.5 Å². The zero-order valence-corrected chi connectivity index (χ0v) is 13.7. The van der Waals surface area contributed by atoms with Gasteiger partial charge in [-0.05, 0) is 25.5 Å². The maximum atomic E-state index is 12.3. The van der Waals surface area contributed by atoms with E-state index in [2.05, 4.69) is 10.6 Å². The van der Waals surface area contributed by atoms with E-state index in [0.717, 1.165) is 16.5 Å². The highest BCUT2D eigenvalue weighted by Gasteiger charge is 2.32. The van der Waals surface area contributed by atoms with Crippen molar-refractivity contribution in [2.45, 2.75) is 20.0 Å². The summed E-state index contributed by atoms with van der Waals surface area (Å²) >= 11 is 7.32. The Morgan fingerprint density at radius 2 is 2.04 bits per heavy atom. The Hall–Kier alpha value is -2.32. The van der Waals surface area contributed by atoms with Gasteiger partial charge in [0.1, 0.15) is 11.2 Å². The number of benzene rings is 1. The molecule has 2 heterocycles. The van der Waals surface area contributed by atoms with Crippen LogP contribution in [0.1, 0.15) is 32.5 Å². The largest absolute Gasteiger partial charge is 0.502 e. The highest BCUT2D eigenvalue weighted by molar-refractivity contribution is 7.16. The van der Waals surface area contributed by atoms with Crippen LogP contribution in [0.2, 0.25) is 5.02 Å². The van der Waals surface area contributed by atoms with Crippen LogP contribution < -0.4 is 10.6 Å². The molecule has 1 aromatic carbocycles. The van der Waals surface area contributed by atoms with E-state index in [9.17, 15) is 20.0 Å². The number of aryl methyl sites for hydroxylation is 1. The monoisotopic (exact) mass is 353 g/mol. The number of nitro groups is 1. The van der Waals surface area contributed by atoms with Gasteiger partial charge in [0.2, 0.25) is 5.75 Å². The third-order valence-electron chi connectivity index (χ3n) is 3.75. The molecule has 1 aliphatic heterocycles.